The van der Waals surface area contributed by atoms with Crippen molar-refractivity contribution in [1.29, 1.82) is 0 Å². The highest BCUT2D eigenvalue weighted by Gasteiger charge is 2.31. The van der Waals surface area contributed by atoms with Gasteiger partial charge in [0.1, 0.15) is 17.8 Å². The van der Waals surface area contributed by atoms with Gasteiger partial charge in [-0.15, -0.1) is 0 Å². The number of nitrogen functional groups attached to an aromatic ring is 1. The van der Waals surface area contributed by atoms with Crippen LogP contribution in [0.3, 0.4) is 0 Å². The first kappa shape index (κ1) is 26.1. The predicted octanol–water partition coefficient (Wildman–Crippen LogP) is 2.11. The molecule has 1 aromatic carbocycles. The number of hydrogen-bond donors (Lipinski definition) is 2. The van der Waals surface area contributed by atoms with Crippen LogP contribution in [-0.4, -0.2) is 58.6 Å². The standard InChI is InChI=1S/C23H22F3N7O3S/c1-2-19(34)32-11-5-7-16(13-32)33-22-20(21(27)28-14-29-22)18(31-33)9-4-10-30-37(35,36)17-8-3-6-15(12-17)23(24,25)26/h2-3,6,8,12,14,16,30H,1,5,7,10-11,13H2,(H2,27,28,29). The molecule has 1 unspecified atom stereocenters. The number of likely N-dealkylation sites (tertiary alicyclic amines) is 1. The maximum atomic E-state index is 12.9. The molecule has 3 aromatic rings. The number of aromatic nitrogens is 4. The molecule has 2 aromatic heterocycles. The number of nitrogens with one attached hydrogen (secondary N) is 1. The second kappa shape index (κ2) is 10.2. The monoisotopic (exact) mass is 533 g/mol. The number of nitrogens with two attached hydrogens (primary N) is 1. The minimum absolute atomic E-state index is 0.125. The fraction of sp³-hybridized carbons (Fsp3) is 0.304. The molecule has 3 heterocycles. The number of carbonyl (C=O) groups is 1. The van der Waals surface area contributed by atoms with E-state index in [-0.39, 0.29) is 23.5 Å². The zero-order valence-corrected chi connectivity index (χ0v) is 20.2. The fourth-order valence-corrected chi connectivity index (χ4v) is 4.97. The molecule has 0 radical (unpaired) electrons. The van der Waals surface area contributed by atoms with Gasteiger partial charge in [0.2, 0.25) is 15.9 Å². The number of amides is 1. The Balaban J connectivity index is 1.57. The zero-order valence-electron chi connectivity index (χ0n) is 19.4. The average molecular weight is 534 g/mol. The van der Waals surface area contributed by atoms with Crippen LogP contribution in [0.1, 0.15) is 30.1 Å². The quantitative estimate of drug-likeness (QED) is 0.379. The maximum absolute atomic E-state index is 12.9. The number of carbonyl (C=O) groups excluding carboxylic acids is 1. The predicted molar refractivity (Wildman–Crippen MR) is 128 cm³/mol. The van der Waals surface area contributed by atoms with Crippen LogP contribution in [0.5, 0.6) is 0 Å². The summed E-state index contributed by atoms with van der Waals surface area (Å²) in [5.41, 5.74) is 5.59. The molecule has 1 aliphatic rings. The van der Waals surface area contributed by atoms with Crippen LogP contribution >= 0.6 is 0 Å². The van der Waals surface area contributed by atoms with E-state index in [4.69, 9.17) is 5.73 Å². The molecule has 194 valence electrons. The summed E-state index contributed by atoms with van der Waals surface area (Å²) in [5.74, 6) is 5.30. The highest BCUT2D eigenvalue weighted by Crippen LogP contribution is 2.31. The van der Waals surface area contributed by atoms with Gasteiger partial charge in [-0.2, -0.15) is 23.0 Å². The van der Waals surface area contributed by atoms with E-state index < -0.39 is 33.2 Å². The molecule has 4 rings (SSSR count). The van der Waals surface area contributed by atoms with Gasteiger partial charge in [0, 0.05) is 13.1 Å². The van der Waals surface area contributed by atoms with Gasteiger partial charge in [0.25, 0.3) is 0 Å². The topological polar surface area (TPSA) is 136 Å². The van der Waals surface area contributed by atoms with Gasteiger partial charge in [0.05, 0.1) is 28.4 Å². The number of rotatable bonds is 5. The number of piperidine rings is 1. The Morgan fingerprint density at radius 2 is 2.11 bits per heavy atom. The van der Waals surface area contributed by atoms with Crippen molar-refractivity contribution in [2.45, 2.75) is 30.0 Å². The molecule has 0 saturated carbocycles. The molecule has 0 aliphatic carbocycles. The first-order valence-corrected chi connectivity index (χ1v) is 12.6. The van der Waals surface area contributed by atoms with Crippen LogP contribution in [0, 0.1) is 11.8 Å². The van der Waals surface area contributed by atoms with Crippen LogP contribution in [0.4, 0.5) is 19.0 Å². The summed E-state index contributed by atoms with van der Waals surface area (Å²) in [5, 5.41) is 4.90. The van der Waals surface area contributed by atoms with Crippen molar-refractivity contribution in [3.63, 3.8) is 0 Å². The van der Waals surface area contributed by atoms with E-state index in [2.05, 4.69) is 38.2 Å². The maximum Gasteiger partial charge on any atom is 0.416 e. The number of anilines is 1. The summed E-state index contributed by atoms with van der Waals surface area (Å²) in [6, 6.07) is 3.20. The second-order valence-corrected chi connectivity index (χ2v) is 9.95. The Morgan fingerprint density at radius 3 is 2.84 bits per heavy atom. The Bertz CT molecular complexity index is 1520. The summed E-state index contributed by atoms with van der Waals surface area (Å²) in [6.07, 6.45) is -0.676. The summed E-state index contributed by atoms with van der Waals surface area (Å²) in [6.45, 7) is 4.11. The summed E-state index contributed by atoms with van der Waals surface area (Å²) in [4.78, 5) is 21.5. The van der Waals surface area contributed by atoms with Crippen molar-refractivity contribution in [3.05, 3.63) is 54.5 Å². The van der Waals surface area contributed by atoms with Crippen molar-refractivity contribution in [1.82, 2.24) is 29.4 Å². The Kier molecular flexibility index (Phi) is 7.19. The zero-order chi connectivity index (χ0) is 26.8. The van der Waals surface area contributed by atoms with Gasteiger partial charge in [-0.25, -0.2) is 23.1 Å². The van der Waals surface area contributed by atoms with Gasteiger partial charge in [-0.3, -0.25) is 4.79 Å². The number of alkyl halides is 3. The molecule has 1 amide bonds. The molecule has 1 aliphatic heterocycles. The van der Waals surface area contributed by atoms with E-state index in [9.17, 15) is 26.4 Å². The number of halogens is 3. The lowest BCUT2D eigenvalue weighted by Gasteiger charge is -2.32. The smallest absolute Gasteiger partial charge is 0.383 e. The minimum Gasteiger partial charge on any atom is -0.383 e. The highest BCUT2D eigenvalue weighted by atomic mass is 32.2. The summed E-state index contributed by atoms with van der Waals surface area (Å²) in [7, 11) is -4.25. The molecule has 3 N–H and O–H groups in total. The van der Waals surface area contributed by atoms with E-state index in [1.807, 2.05) is 0 Å². The third-order valence-electron chi connectivity index (χ3n) is 5.78. The molecule has 0 spiro atoms. The summed E-state index contributed by atoms with van der Waals surface area (Å²) >= 11 is 0. The van der Waals surface area contributed by atoms with Crippen LogP contribution < -0.4 is 10.5 Å². The van der Waals surface area contributed by atoms with E-state index in [1.165, 1.54) is 12.4 Å². The Labute approximate surface area is 210 Å². The van der Waals surface area contributed by atoms with Gasteiger partial charge in [-0.1, -0.05) is 18.6 Å². The normalized spacial score (nSPS) is 16.3. The van der Waals surface area contributed by atoms with Crippen molar-refractivity contribution in [2.24, 2.45) is 0 Å². The van der Waals surface area contributed by atoms with Crippen molar-refractivity contribution in [3.8, 4) is 11.8 Å². The lowest BCUT2D eigenvalue weighted by molar-refractivity contribution is -0.137. The number of benzene rings is 1. The van der Waals surface area contributed by atoms with Crippen molar-refractivity contribution >= 4 is 32.8 Å². The van der Waals surface area contributed by atoms with E-state index in [0.29, 0.717) is 30.2 Å². The molecule has 1 fully saturated rings. The molecular weight excluding hydrogens is 511 g/mol. The van der Waals surface area contributed by atoms with Crippen LogP contribution in [0.25, 0.3) is 11.0 Å². The van der Waals surface area contributed by atoms with Crippen molar-refractivity contribution < 1.29 is 26.4 Å². The minimum atomic E-state index is -4.68. The highest BCUT2D eigenvalue weighted by molar-refractivity contribution is 7.89. The molecule has 1 saturated heterocycles. The van der Waals surface area contributed by atoms with Gasteiger partial charge < -0.3 is 10.6 Å². The average Bonchev–Trinajstić information content (AvgIpc) is 3.25. The number of nitrogens with zero attached hydrogens (tertiary/aromatic N) is 5. The number of sulfonamides is 1. The van der Waals surface area contributed by atoms with Crippen LogP contribution in [0.15, 0.2) is 48.1 Å². The third kappa shape index (κ3) is 5.57. The Hall–Kier alpha value is -3.96. The molecule has 14 heteroatoms. The van der Waals surface area contributed by atoms with Crippen molar-refractivity contribution in [2.75, 3.05) is 25.4 Å². The van der Waals surface area contributed by atoms with E-state index >= 15 is 0 Å². The first-order valence-electron chi connectivity index (χ1n) is 11.1. The fourth-order valence-electron chi connectivity index (χ4n) is 4.00. The molecular formula is C23H22F3N7O3S. The molecule has 1 atom stereocenters. The molecule has 10 nitrogen and oxygen atoms in total. The van der Waals surface area contributed by atoms with Crippen LogP contribution in [0.2, 0.25) is 0 Å². The van der Waals surface area contributed by atoms with Gasteiger partial charge >= 0.3 is 6.18 Å². The first-order chi connectivity index (χ1) is 17.5. The lowest BCUT2D eigenvalue weighted by atomic mass is 10.1. The van der Waals surface area contributed by atoms with E-state index in [0.717, 1.165) is 31.0 Å². The van der Waals surface area contributed by atoms with Gasteiger partial charge in [-0.05, 0) is 43.0 Å². The largest absolute Gasteiger partial charge is 0.416 e. The molecule has 0 bridgehead atoms. The molecule has 37 heavy (non-hydrogen) atoms. The number of fused-ring (bicyclic) bond motifs is 1. The second-order valence-electron chi connectivity index (χ2n) is 8.19. The summed E-state index contributed by atoms with van der Waals surface area (Å²) < 4.78 is 67.5. The number of hydrogen-bond acceptors (Lipinski definition) is 7. The third-order valence-corrected chi connectivity index (χ3v) is 7.17. The SMILES string of the molecule is C=CC(=O)N1CCCC(n2nc(C#CCNS(=O)(=O)c3cccc(C(F)(F)F)c3)c3c(N)ncnc32)C1. The lowest BCUT2D eigenvalue weighted by Crippen LogP contribution is -2.40. The van der Waals surface area contributed by atoms with Gasteiger partial charge in [0.15, 0.2) is 5.65 Å². The van der Waals surface area contributed by atoms with Crippen LogP contribution in [-0.2, 0) is 21.0 Å². The van der Waals surface area contributed by atoms with E-state index in [1.54, 1.807) is 9.58 Å². The Morgan fingerprint density at radius 1 is 1.32 bits per heavy atom.